The number of nitrogens with one attached hydrogen (secondary N) is 2. The number of hydrogen-bond donors (Lipinski definition) is 2. The van der Waals surface area contributed by atoms with Crippen LogP contribution in [0.4, 0.5) is 0 Å². The van der Waals surface area contributed by atoms with Gasteiger partial charge in [0.2, 0.25) is 0 Å². The maximum Gasteiger partial charge on any atom is 0.253 e. The van der Waals surface area contributed by atoms with Crippen molar-refractivity contribution in [1.29, 1.82) is 0 Å². The molecule has 160 valence electrons. The Labute approximate surface area is 179 Å². The highest BCUT2D eigenvalue weighted by Gasteiger charge is 2.18. The third-order valence-electron chi connectivity index (χ3n) is 5.41. The lowest BCUT2D eigenvalue weighted by molar-refractivity contribution is 0.0952. The molecule has 0 aliphatic rings. The van der Waals surface area contributed by atoms with Crippen molar-refractivity contribution in [3.05, 3.63) is 69.5 Å². The highest BCUT2D eigenvalue weighted by Crippen LogP contribution is 2.29. The van der Waals surface area contributed by atoms with E-state index in [9.17, 15) is 9.59 Å². The molecular weight excluding hydrogens is 392 g/mol. The molecule has 0 bridgehead atoms. The minimum atomic E-state index is -0.251. The van der Waals surface area contributed by atoms with Gasteiger partial charge in [0.15, 0.2) is 0 Å². The molecule has 0 saturated carbocycles. The van der Waals surface area contributed by atoms with Gasteiger partial charge in [-0.15, -0.1) is 0 Å². The maximum atomic E-state index is 13.2. The van der Waals surface area contributed by atoms with Crippen LogP contribution in [0.25, 0.3) is 22.0 Å². The predicted molar refractivity (Wildman–Crippen MR) is 120 cm³/mol. The fraction of sp³-hybridized carbons (Fsp3) is 0.304. The first kappa shape index (κ1) is 20.6. The molecule has 2 N–H and O–H groups in total. The number of hydrogen-bond acceptors (Lipinski definition) is 4. The summed E-state index contributed by atoms with van der Waals surface area (Å²) in [5.41, 5.74) is 5.22. The van der Waals surface area contributed by atoms with Crippen LogP contribution < -0.4 is 10.9 Å². The minimum absolute atomic E-state index is 0.145. The highest BCUT2D eigenvalue weighted by molar-refractivity contribution is 6.08. The fourth-order valence-electron chi connectivity index (χ4n) is 3.85. The van der Waals surface area contributed by atoms with Crippen LogP contribution >= 0.6 is 0 Å². The lowest BCUT2D eigenvalue weighted by atomic mass is 10.0. The van der Waals surface area contributed by atoms with E-state index in [2.05, 4.69) is 34.3 Å². The number of carbonyl (C=O) groups is 1. The molecule has 4 rings (SSSR count). The average molecular weight is 419 g/mol. The smallest absolute Gasteiger partial charge is 0.253 e. The average Bonchev–Trinajstić information content (AvgIpc) is 3.32. The van der Waals surface area contributed by atoms with Crippen LogP contribution in [-0.2, 0) is 13.6 Å². The Hall–Kier alpha value is -3.68. The van der Waals surface area contributed by atoms with Crippen molar-refractivity contribution >= 4 is 16.8 Å². The molecule has 8 heteroatoms. The topological polar surface area (TPSA) is 97.6 Å². The summed E-state index contributed by atoms with van der Waals surface area (Å²) in [6.45, 7) is 7.96. The SMILES string of the molecule is Cc1cc(C)c(CNC(=O)c2cc(-c3cnn(C)c3)cc3c2cnn3C(C)C)c(=O)[nH]1. The summed E-state index contributed by atoms with van der Waals surface area (Å²) < 4.78 is 3.63. The van der Waals surface area contributed by atoms with E-state index in [1.807, 2.05) is 50.0 Å². The standard InChI is InChI=1S/C23H26N6O2/c1-13(2)29-21-8-16(17-9-25-28(5)12-17)7-18(20(21)11-26-29)22(30)24-10-19-14(3)6-15(4)27-23(19)31/h6-9,11-13H,10H2,1-5H3,(H,24,30)(H,27,31). The lowest BCUT2D eigenvalue weighted by Gasteiger charge is -2.12. The first-order valence-corrected chi connectivity index (χ1v) is 10.2. The van der Waals surface area contributed by atoms with E-state index in [0.29, 0.717) is 11.1 Å². The summed E-state index contributed by atoms with van der Waals surface area (Å²) >= 11 is 0. The summed E-state index contributed by atoms with van der Waals surface area (Å²) in [6, 6.07) is 5.93. The Balaban J connectivity index is 1.75. The van der Waals surface area contributed by atoms with Crippen molar-refractivity contribution < 1.29 is 4.79 Å². The molecule has 4 aromatic rings. The molecule has 1 amide bonds. The molecule has 3 heterocycles. The van der Waals surface area contributed by atoms with Crippen LogP contribution in [0.1, 0.15) is 47.1 Å². The Morgan fingerprint density at radius 2 is 1.90 bits per heavy atom. The first-order valence-electron chi connectivity index (χ1n) is 10.2. The second-order valence-electron chi connectivity index (χ2n) is 8.17. The van der Waals surface area contributed by atoms with Crippen LogP contribution in [0.2, 0.25) is 0 Å². The van der Waals surface area contributed by atoms with Crippen molar-refractivity contribution in [2.75, 3.05) is 0 Å². The number of aromatic nitrogens is 5. The summed E-state index contributed by atoms with van der Waals surface area (Å²) in [6.07, 6.45) is 5.41. The monoisotopic (exact) mass is 418 g/mol. The third-order valence-corrected chi connectivity index (χ3v) is 5.41. The van der Waals surface area contributed by atoms with Crippen LogP contribution in [0.3, 0.4) is 0 Å². The van der Waals surface area contributed by atoms with E-state index in [1.54, 1.807) is 17.1 Å². The number of H-pyrrole nitrogens is 1. The molecule has 0 aliphatic heterocycles. The summed E-state index contributed by atoms with van der Waals surface area (Å²) in [7, 11) is 1.86. The molecule has 0 spiro atoms. The number of fused-ring (bicyclic) bond motifs is 1. The zero-order valence-corrected chi connectivity index (χ0v) is 18.4. The number of pyridine rings is 1. The number of rotatable bonds is 5. The Morgan fingerprint density at radius 3 is 2.55 bits per heavy atom. The first-order chi connectivity index (χ1) is 14.7. The number of carbonyl (C=O) groups excluding carboxylic acids is 1. The van der Waals surface area contributed by atoms with Crippen LogP contribution in [0, 0.1) is 13.8 Å². The largest absolute Gasteiger partial charge is 0.348 e. The number of nitrogens with zero attached hydrogens (tertiary/aromatic N) is 4. The predicted octanol–water partition coefficient (Wildman–Crippen LogP) is 3.25. The number of aromatic amines is 1. The normalized spacial score (nSPS) is 11.4. The molecule has 1 aromatic carbocycles. The van der Waals surface area contributed by atoms with Gasteiger partial charge in [-0.05, 0) is 57.0 Å². The molecule has 0 saturated heterocycles. The minimum Gasteiger partial charge on any atom is -0.348 e. The zero-order valence-electron chi connectivity index (χ0n) is 18.4. The molecule has 8 nitrogen and oxygen atoms in total. The Bertz CT molecular complexity index is 1340. The van der Waals surface area contributed by atoms with Gasteiger partial charge >= 0.3 is 0 Å². The summed E-state index contributed by atoms with van der Waals surface area (Å²) in [5, 5.41) is 12.4. The number of benzene rings is 1. The van der Waals surface area contributed by atoms with Gasteiger partial charge in [-0.25, -0.2) is 0 Å². The quantitative estimate of drug-likeness (QED) is 0.520. The van der Waals surface area contributed by atoms with Crippen molar-refractivity contribution in [1.82, 2.24) is 29.9 Å². The zero-order chi connectivity index (χ0) is 22.3. The molecule has 3 aromatic heterocycles. The van der Waals surface area contributed by atoms with Gasteiger partial charge in [0.05, 0.1) is 23.5 Å². The molecule has 31 heavy (non-hydrogen) atoms. The third kappa shape index (κ3) is 3.88. The fourth-order valence-corrected chi connectivity index (χ4v) is 3.85. The van der Waals surface area contributed by atoms with Crippen LogP contribution in [0.15, 0.2) is 41.6 Å². The van der Waals surface area contributed by atoms with Crippen molar-refractivity contribution in [2.24, 2.45) is 7.05 Å². The van der Waals surface area contributed by atoms with E-state index < -0.39 is 0 Å². The molecule has 0 unspecified atom stereocenters. The van der Waals surface area contributed by atoms with E-state index in [0.717, 1.165) is 33.3 Å². The van der Waals surface area contributed by atoms with Gasteiger partial charge in [0.25, 0.3) is 11.5 Å². The van der Waals surface area contributed by atoms with Gasteiger partial charge in [0, 0.05) is 48.0 Å². The number of amides is 1. The molecular formula is C23H26N6O2. The van der Waals surface area contributed by atoms with E-state index in [1.165, 1.54) is 0 Å². The van der Waals surface area contributed by atoms with Gasteiger partial charge in [-0.3, -0.25) is 19.0 Å². The van der Waals surface area contributed by atoms with Gasteiger partial charge < -0.3 is 10.3 Å². The van der Waals surface area contributed by atoms with E-state index >= 15 is 0 Å². The number of aryl methyl sites for hydroxylation is 3. The van der Waals surface area contributed by atoms with Gasteiger partial charge in [-0.2, -0.15) is 10.2 Å². The van der Waals surface area contributed by atoms with Crippen molar-refractivity contribution in [2.45, 2.75) is 40.3 Å². The van der Waals surface area contributed by atoms with Crippen molar-refractivity contribution in [3.8, 4) is 11.1 Å². The van der Waals surface area contributed by atoms with Crippen LogP contribution in [0.5, 0.6) is 0 Å². The lowest BCUT2D eigenvalue weighted by Crippen LogP contribution is -2.28. The van der Waals surface area contributed by atoms with Crippen LogP contribution in [-0.4, -0.2) is 30.5 Å². The Morgan fingerprint density at radius 1 is 1.13 bits per heavy atom. The maximum absolute atomic E-state index is 13.2. The second kappa shape index (κ2) is 7.86. The molecule has 0 radical (unpaired) electrons. The summed E-state index contributed by atoms with van der Waals surface area (Å²) in [4.78, 5) is 28.3. The molecule has 0 atom stereocenters. The molecule has 0 aliphatic carbocycles. The Kier molecular flexibility index (Phi) is 5.22. The van der Waals surface area contributed by atoms with Gasteiger partial charge in [-0.1, -0.05) is 0 Å². The second-order valence-corrected chi connectivity index (χ2v) is 8.17. The van der Waals surface area contributed by atoms with E-state index in [-0.39, 0.29) is 24.1 Å². The van der Waals surface area contributed by atoms with E-state index in [4.69, 9.17) is 0 Å². The molecule has 0 fully saturated rings. The van der Waals surface area contributed by atoms with Crippen molar-refractivity contribution in [3.63, 3.8) is 0 Å². The highest BCUT2D eigenvalue weighted by atomic mass is 16.1. The summed E-state index contributed by atoms with van der Waals surface area (Å²) in [5.74, 6) is -0.251. The van der Waals surface area contributed by atoms with Gasteiger partial charge in [0.1, 0.15) is 0 Å².